The van der Waals surface area contributed by atoms with E-state index in [9.17, 15) is 14.7 Å². The van der Waals surface area contributed by atoms with Crippen LogP contribution >= 0.6 is 0 Å². The van der Waals surface area contributed by atoms with Crippen LogP contribution in [0.5, 0.6) is 0 Å². The Hall–Kier alpha value is -2.87. The molecule has 0 amide bonds. The van der Waals surface area contributed by atoms with Gasteiger partial charge in [-0.05, 0) is 56.6 Å². The topological polar surface area (TPSA) is 214 Å². The monoisotopic (exact) mass is 622 g/mol. The molecule has 0 fully saturated rings. The number of hydrogen-bond donors (Lipinski definition) is 7. The first kappa shape index (κ1) is 39.2. The van der Waals surface area contributed by atoms with Crippen LogP contribution in [0, 0.1) is 6.92 Å². The zero-order valence-corrected chi connectivity index (χ0v) is 26.4. The molecule has 2 atom stereocenters. The fourth-order valence-corrected chi connectivity index (χ4v) is 4.31. The Bertz CT molecular complexity index is 1060. The summed E-state index contributed by atoms with van der Waals surface area (Å²) in [6.45, 7) is 3.34. The first-order valence-electron chi connectivity index (χ1n) is 15.5. The van der Waals surface area contributed by atoms with Crippen molar-refractivity contribution in [2.75, 3.05) is 39.6 Å². The quantitative estimate of drug-likeness (QED) is 0.0746. The summed E-state index contributed by atoms with van der Waals surface area (Å²) in [5.74, 6) is -1.06. The predicted octanol–water partition coefficient (Wildman–Crippen LogP) is 2.19. The number of nitrogens with zero attached hydrogens (tertiary/aromatic N) is 1. The van der Waals surface area contributed by atoms with Crippen molar-refractivity contribution in [2.24, 2.45) is 11.5 Å². The summed E-state index contributed by atoms with van der Waals surface area (Å²) in [5, 5.41) is 35.9. The third-order valence-electron chi connectivity index (χ3n) is 7.39. The van der Waals surface area contributed by atoms with E-state index in [1.807, 2.05) is 6.92 Å². The number of aromatic amines is 1. The number of ether oxygens (including phenoxy) is 2. The number of carbonyl (C=O) groups excluding carboxylic acids is 1. The lowest BCUT2D eigenvalue weighted by atomic mass is 9.92. The molecule has 9 N–H and O–H groups in total. The van der Waals surface area contributed by atoms with Crippen LogP contribution in [0.4, 0.5) is 0 Å². The van der Waals surface area contributed by atoms with E-state index in [1.54, 1.807) is 6.20 Å². The number of H-pyrrole nitrogens is 1. The third-order valence-corrected chi connectivity index (χ3v) is 7.39. The molecule has 0 aliphatic rings. The van der Waals surface area contributed by atoms with Crippen molar-refractivity contribution < 1.29 is 39.5 Å². The van der Waals surface area contributed by atoms with E-state index in [2.05, 4.69) is 41.2 Å². The second-order valence-electron chi connectivity index (χ2n) is 11.2. The van der Waals surface area contributed by atoms with Crippen molar-refractivity contribution in [3.05, 3.63) is 53.1 Å². The molecule has 1 aromatic carbocycles. The molecular weight excluding hydrogens is 568 g/mol. The molecule has 1 heterocycles. The Morgan fingerprint density at radius 2 is 1.43 bits per heavy atom. The van der Waals surface area contributed by atoms with Gasteiger partial charge >= 0.3 is 11.9 Å². The summed E-state index contributed by atoms with van der Waals surface area (Å²) in [6, 6.07) is 8.40. The van der Waals surface area contributed by atoms with E-state index in [1.165, 1.54) is 44.1 Å². The predicted molar refractivity (Wildman–Crippen MR) is 168 cm³/mol. The molecule has 0 aliphatic carbocycles. The van der Waals surface area contributed by atoms with Crippen LogP contribution in [-0.4, -0.2) is 93.1 Å². The number of benzene rings is 1. The minimum absolute atomic E-state index is 0.0466. The van der Waals surface area contributed by atoms with Crippen molar-refractivity contribution in [2.45, 2.75) is 95.6 Å². The average molecular weight is 623 g/mol. The number of aryl methyl sites for hydroxylation is 4. The number of unbranched alkanes of at least 4 members (excludes halogenated alkanes) is 5. The number of nitrogens with one attached hydrogen (secondary N) is 1. The van der Waals surface area contributed by atoms with E-state index in [0.717, 1.165) is 23.5 Å². The highest BCUT2D eigenvalue weighted by Crippen LogP contribution is 2.16. The molecule has 0 aliphatic heterocycles. The summed E-state index contributed by atoms with van der Waals surface area (Å²) in [6.07, 6.45) is 12.0. The minimum Gasteiger partial charge on any atom is -0.480 e. The highest BCUT2D eigenvalue weighted by molar-refractivity contribution is 5.80. The Labute approximate surface area is 261 Å². The fourth-order valence-electron chi connectivity index (χ4n) is 4.31. The van der Waals surface area contributed by atoms with Gasteiger partial charge in [0.15, 0.2) is 0 Å². The largest absolute Gasteiger partial charge is 0.480 e. The molecular formula is C32H54N4O8. The maximum atomic E-state index is 12.2. The van der Waals surface area contributed by atoms with Gasteiger partial charge in [0, 0.05) is 11.9 Å². The Kier molecular flexibility index (Phi) is 19.4. The van der Waals surface area contributed by atoms with Crippen LogP contribution in [0.1, 0.15) is 80.9 Å². The molecule has 0 spiro atoms. The fraction of sp³-hybridized carbons (Fsp3) is 0.656. The molecule has 12 heteroatoms. The molecule has 2 unspecified atom stereocenters. The Morgan fingerprint density at radius 1 is 0.841 bits per heavy atom. The normalized spacial score (nSPS) is 13.8. The summed E-state index contributed by atoms with van der Waals surface area (Å²) in [5.41, 5.74) is 11.8. The second-order valence-corrected chi connectivity index (χ2v) is 11.2. The van der Waals surface area contributed by atoms with Gasteiger partial charge in [0.25, 0.3) is 0 Å². The van der Waals surface area contributed by atoms with Crippen LogP contribution in [0.2, 0.25) is 0 Å². The number of aliphatic carboxylic acids is 1. The average Bonchev–Trinajstić information content (AvgIpc) is 3.45. The van der Waals surface area contributed by atoms with Gasteiger partial charge in [-0.3, -0.25) is 4.79 Å². The van der Waals surface area contributed by atoms with Crippen molar-refractivity contribution in [3.8, 4) is 0 Å². The van der Waals surface area contributed by atoms with Gasteiger partial charge in [0.1, 0.15) is 23.5 Å². The van der Waals surface area contributed by atoms with Gasteiger partial charge in [0.05, 0.1) is 33.0 Å². The summed E-state index contributed by atoms with van der Waals surface area (Å²) < 4.78 is 10.1. The van der Waals surface area contributed by atoms with Gasteiger partial charge in [-0.25, -0.2) is 9.78 Å². The zero-order valence-electron chi connectivity index (χ0n) is 26.4. The highest BCUT2D eigenvalue weighted by Gasteiger charge is 2.35. The standard InChI is InChI=1S/C23H39NO5.C9H15N3O3/c1-2-3-4-5-6-7-8-20-9-11-21(12-10-20)13-14-23(24,19-26)22(27)29-18-17-28-16-15-25;1-6-11-4-7(12-6)2-3-9(10,5-13)8(14)15/h9-12,25-26H,2-8,13-19,24H2,1H3;4,13H,2-3,5,10H2,1H3,(H,11,12)(H,14,15). The lowest BCUT2D eigenvalue weighted by Gasteiger charge is -2.25. The number of imidazole rings is 1. The van der Waals surface area contributed by atoms with Gasteiger partial charge in [0.2, 0.25) is 0 Å². The Morgan fingerprint density at radius 3 is 1.98 bits per heavy atom. The number of carbonyl (C=O) groups is 2. The molecule has 2 aromatic rings. The first-order valence-corrected chi connectivity index (χ1v) is 15.5. The number of rotatable bonds is 22. The number of aliphatic hydroxyl groups excluding tert-OH is 3. The number of carboxylic acids is 1. The second kappa shape index (κ2) is 21.8. The van der Waals surface area contributed by atoms with Gasteiger partial charge in [-0.1, -0.05) is 63.3 Å². The van der Waals surface area contributed by atoms with Crippen molar-refractivity contribution in [3.63, 3.8) is 0 Å². The van der Waals surface area contributed by atoms with E-state index in [4.69, 9.17) is 36.3 Å². The van der Waals surface area contributed by atoms with E-state index < -0.39 is 36.2 Å². The van der Waals surface area contributed by atoms with Crippen LogP contribution in [0.25, 0.3) is 0 Å². The first-order chi connectivity index (χ1) is 21.0. The lowest BCUT2D eigenvalue weighted by Crippen LogP contribution is -2.52. The molecule has 0 saturated carbocycles. The van der Waals surface area contributed by atoms with E-state index in [-0.39, 0.29) is 32.8 Å². The van der Waals surface area contributed by atoms with Gasteiger partial charge < -0.3 is 46.4 Å². The van der Waals surface area contributed by atoms with Crippen LogP contribution in [0.15, 0.2) is 30.5 Å². The molecule has 0 bridgehead atoms. The lowest BCUT2D eigenvalue weighted by molar-refractivity contribution is -0.153. The Balaban J connectivity index is 0.000000539. The highest BCUT2D eigenvalue weighted by atomic mass is 16.6. The SMILES string of the molecule is CCCCCCCCc1ccc(CCC(N)(CO)C(=O)OCCOCCO)cc1.Cc1ncc(CCC(N)(CO)C(=O)O)[nH]1. The number of aliphatic hydroxyl groups is 3. The number of nitrogens with two attached hydrogens (primary N) is 2. The summed E-state index contributed by atoms with van der Waals surface area (Å²) in [7, 11) is 0. The molecule has 250 valence electrons. The van der Waals surface area contributed by atoms with E-state index >= 15 is 0 Å². The summed E-state index contributed by atoms with van der Waals surface area (Å²) >= 11 is 0. The van der Waals surface area contributed by atoms with E-state index in [0.29, 0.717) is 19.3 Å². The molecule has 44 heavy (non-hydrogen) atoms. The zero-order chi connectivity index (χ0) is 32.8. The summed E-state index contributed by atoms with van der Waals surface area (Å²) in [4.78, 5) is 29.9. The van der Waals surface area contributed by atoms with Gasteiger partial charge in [-0.2, -0.15) is 0 Å². The van der Waals surface area contributed by atoms with Crippen LogP contribution in [0.3, 0.4) is 0 Å². The molecule has 12 nitrogen and oxygen atoms in total. The molecule has 2 rings (SSSR count). The number of aromatic nitrogens is 2. The molecule has 0 saturated heterocycles. The molecule has 1 aromatic heterocycles. The third kappa shape index (κ3) is 15.2. The van der Waals surface area contributed by atoms with Gasteiger partial charge in [-0.15, -0.1) is 0 Å². The van der Waals surface area contributed by atoms with Crippen molar-refractivity contribution in [1.29, 1.82) is 0 Å². The van der Waals surface area contributed by atoms with Crippen LogP contribution in [-0.2, 0) is 38.3 Å². The van der Waals surface area contributed by atoms with Crippen LogP contribution < -0.4 is 11.5 Å². The maximum Gasteiger partial charge on any atom is 0.328 e. The number of hydrogen-bond acceptors (Lipinski definition) is 10. The minimum atomic E-state index is -1.57. The van der Waals surface area contributed by atoms with Crippen molar-refractivity contribution in [1.82, 2.24) is 9.97 Å². The maximum absolute atomic E-state index is 12.2. The van der Waals surface area contributed by atoms with Crippen molar-refractivity contribution >= 4 is 11.9 Å². The smallest absolute Gasteiger partial charge is 0.328 e. The number of carboxylic acid groups (broad SMARTS) is 1. The molecule has 0 radical (unpaired) electrons. The number of esters is 1.